The standard InChI is InChI=1S/C17H26Cl2N2/c1-3-17(15-9-8-13(18)12-16(15)19)20-10-11-21(2)14-6-4-5-7-14/h8-9,12,14,17,20H,3-7,10-11H2,1-2H3. The second-order valence-corrected chi connectivity index (χ2v) is 6.84. The lowest BCUT2D eigenvalue weighted by Crippen LogP contribution is -2.36. The van der Waals surface area contributed by atoms with Gasteiger partial charge in [-0.25, -0.2) is 0 Å². The van der Waals surface area contributed by atoms with Crippen LogP contribution in [0.2, 0.25) is 10.0 Å². The molecule has 1 aromatic carbocycles. The van der Waals surface area contributed by atoms with Crippen molar-refractivity contribution in [3.8, 4) is 0 Å². The first kappa shape index (κ1) is 17.1. The molecule has 0 amide bonds. The molecule has 4 heteroatoms. The maximum atomic E-state index is 6.31. The van der Waals surface area contributed by atoms with E-state index in [0.717, 1.165) is 36.1 Å². The van der Waals surface area contributed by atoms with Crippen LogP contribution in [0.1, 0.15) is 50.6 Å². The van der Waals surface area contributed by atoms with Gasteiger partial charge in [-0.15, -0.1) is 0 Å². The molecule has 1 unspecified atom stereocenters. The molecule has 1 fully saturated rings. The highest BCUT2D eigenvalue weighted by Gasteiger charge is 2.19. The Morgan fingerprint density at radius 1 is 1.29 bits per heavy atom. The van der Waals surface area contributed by atoms with E-state index < -0.39 is 0 Å². The molecule has 0 radical (unpaired) electrons. The molecule has 2 nitrogen and oxygen atoms in total. The van der Waals surface area contributed by atoms with Crippen LogP contribution < -0.4 is 5.32 Å². The molecule has 1 aliphatic carbocycles. The van der Waals surface area contributed by atoms with Gasteiger partial charge in [0.1, 0.15) is 0 Å². The second kappa shape index (κ2) is 8.38. The molecule has 0 heterocycles. The summed E-state index contributed by atoms with van der Waals surface area (Å²) in [7, 11) is 2.24. The van der Waals surface area contributed by atoms with Crippen molar-refractivity contribution in [1.82, 2.24) is 10.2 Å². The zero-order valence-electron chi connectivity index (χ0n) is 13.0. The Balaban J connectivity index is 1.84. The molecule has 0 aliphatic heterocycles. The fourth-order valence-corrected chi connectivity index (χ4v) is 3.74. The Morgan fingerprint density at radius 3 is 2.62 bits per heavy atom. The zero-order chi connectivity index (χ0) is 15.2. The summed E-state index contributed by atoms with van der Waals surface area (Å²) in [5.41, 5.74) is 1.15. The van der Waals surface area contributed by atoms with E-state index in [-0.39, 0.29) is 0 Å². The van der Waals surface area contributed by atoms with Crippen molar-refractivity contribution in [2.45, 2.75) is 51.1 Å². The Bertz CT molecular complexity index is 444. The number of nitrogens with zero attached hydrogens (tertiary/aromatic N) is 1. The maximum Gasteiger partial charge on any atom is 0.0468 e. The summed E-state index contributed by atoms with van der Waals surface area (Å²) in [6.07, 6.45) is 6.52. The predicted molar refractivity (Wildman–Crippen MR) is 92.4 cm³/mol. The monoisotopic (exact) mass is 328 g/mol. The minimum absolute atomic E-state index is 0.298. The third-order valence-corrected chi connectivity index (χ3v) is 5.11. The van der Waals surface area contributed by atoms with Gasteiger partial charge in [-0.3, -0.25) is 0 Å². The average Bonchev–Trinajstić information content (AvgIpc) is 2.98. The van der Waals surface area contributed by atoms with Gasteiger partial charge in [0.15, 0.2) is 0 Å². The van der Waals surface area contributed by atoms with E-state index >= 15 is 0 Å². The van der Waals surface area contributed by atoms with Crippen LogP contribution in [0.15, 0.2) is 18.2 Å². The van der Waals surface area contributed by atoms with Gasteiger partial charge in [-0.1, -0.05) is 49.0 Å². The van der Waals surface area contributed by atoms with Gasteiger partial charge in [0.05, 0.1) is 0 Å². The molecule has 1 saturated carbocycles. The summed E-state index contributed by atoms with van der Waals surface area (Å²) in [6, 6.07) is 6.86. The quantitative estimate of drug-likeness (QED) is 0.765. The number of hydrogen-bond donors (Lipinski definition) is 1. The molecule has 0 saturated heterocycles. The summed E-state index contributed by atoms with van der Waals surface area (Å²) in [6.45, 7) is 4.26. The molecule has 0 bridgehead atoms. The van der Waals surface area contributed by atoms with Crippen LogP contribution in [0, 0.1) is 0 Å². The first-order chi connectivity index (χ1) is 10.1. The van der Waals surface area contributed by atoms with Gasteiger partial charge in [0.25, 0.3) is 0 Å². The van der Waals surface area contributed by atoms with Gasteiger partial charge in [-0.2, -0.15) is 0 Å². The van der Waals surface area contributed by atoms with Crippen molar-refractivity contribution in [2.24, 2.45) is 0 Å². The predicted octanol–water partition coefficient (Wildman–Crippen LogP) is 4.91. The van der Waals surface area contributed by atoms with Crippen molar-refractivity contribution in [3.05, 3.63) is 33.8 Å². The van der Waals surface area contributed by atoms with Crippen LogP contribution in [0.3, 0.4) is 0 Å². The molecular weight excluding hydrogens is 303 g/mol. The highest BCUT2D eigenvalue weighted by atomic mass is 35.5. The van der Waals surface area contributed by atoms with Crippen LogP contribution in [0.4, 0.5) is 0 Å². The van der Waals surface area contributed by atoms with Crippen molar-refractivity contribution in [1.29, 1.82) is 0 Å². The summed E-state index contributed by atoms with van der Waals surface area (Å²) >= 11 is 12.3. The smallest absolute Gasteiger partial charge is 0.0468 e. The second-order valence-electron chi connectivity index (χ2n) is 6.00. The first-order valence-electron chi connectivity index (χ1n) is 8.00. The van der Waals surface area contributed by atoms with Crippen molar-refractivity contribution in [2.75, 3.05) is 20.1 Å². The third-order valence-electron chi connectivity index (χ3n) is 4.55. The van der Waals surface area contributed by atoms with Crippen molar-refractivity contribution < 1.29 is 0 Å². The average molecular weight is 329 g/mol. The van der Waals surface area contributed by atoms with Gasteiger partial charge < -0.3 is 10.2 Å². The number of halogens is 2. The molecule has 1 atom stereocenters. The fourth-order valence-electron chi connectivity index (χ4n) is 3.20. The Kier molecular flexibility index (Phi) is 6.81. The van der Waals surface area contributed by atoms with E-state index in [1.165, 1.54) is 25.7 Å². The summed E-state index contributed by atoms with van der Waals surface area (Å²) in [5.74, 6) is 0. The molecule has 1 aromatic rings. The van der Waals surface area contributed by atoms with Crippen LogP contribution in [0.25, 0.3) is 0 Å². The highest BCUT2D eigenvalue weighted by Crippen LogP contribution is 2.28. The summed E-state index contributed by atoms with van der Waals surface area (Å²) in [4.78, 5) is 2.50. The number of hydrogen-bond acceptors (Lipinski definition) is 2. The molecule has 2 rings (SSSR count). The lowest BCUT2D eigenvalue weighted by molar-refractivity contribution is 0.242. The van der Waals surface area contributed by atoms with Crippen LogP contribution in [-0.4, -0.2) is 31.1 Å². The largest absolute Gasteiger partial charge is 0.309 e. The zero-order valence-corrected chi connectivity index (χ0v) is 14.6. The molecule has 1 N–H and O–H groups in total. The van der Waals surface area contributed by atoms with Crippen LogP contribution >= 0.6 is 23.2 Å². The van der Waals surface area contributed by atoms with Crippen LogP contribution in [-0.2, 0) is 0 Å². The first-order valence-corrected chi connectivity index (χ1v) is 8.76. The summed E-state index contributed by atoms with van der Waals surface area (Å²) < 4.78 is 0. The minimum Gasteiger partial charge on any atom is -0.309 e. The van der Waals surface area contributed by atoms with Crippen molar-refractivity contribution in [3.63, 3.8) is 0 Å². The Morgan fingerprint density at radius 2 is 2.00 bits per heavy atom. The summed E-state index contributed by atoms with van der Waals surface area (Å²) in [5, 5.41) is 5.08. The molecule has 0 aromatic heterocycles. The van der Waals surface area contributed by atoms with Crippen LogP contribution in [0.5, 0.6) is 0 Å². The van der Waals surface area contributed by atoms with E-state index in [9.17, 15) is 0 Å². The number of benzene rings is 1. The highest BCUT2D eigenvalue weighted by molar-refractivity contribution is 6.35. The minimum atomic E-state index is 0.298. The van der Waals surface area contributed by atoms with Crippen molar-refractivity contribution >= 4 is 23.2 Å². The normalized spacial score (nSPS) is 17.6. The third kappa shape index (κ3) is 4.85. The Labute approximate surface area is 138 Å². The van der Waals surface area contributed by atoms with E-state index in [1.807, 2.05) is 18.2 Å². The van der Waals surface area contributed by atoms with E-state index in [4.69, 9.17) is 23.2 Å². The molecule has 21 heavy (non-hydrogen) atoms. The van der Waals surface area contributed by atoms with Gasteiger partial charge in [0.2, 0.25) is 0 Å². The van der Waals surface area contributed by atoms with E-state index in [0.29, 0.717) is 11.1 Å². The number of rotatable bonds is 7. The van der Waals surface area contributed by atoms with Gasteiger partial charge in [0, 0.05) is 35.2 Å². The number of likely N-dealkylation sites (N-methyl/N-ethyl adjacent to an activating group) is 1. The lowest BCUT2D eigenvalue weighted by atomic mass is 10.0. The van der Waals surface area contributed by atoms with Gasteiger partial charge in [-0.05, 0) is 44.0 Å². The molecule has 0 spiro atoms. The molecule has 1 aliphatic rings. The fraction of sp³-hybridized carbons (Fsp3) is 0.647. The SMILES string of the molecule is CCC(NCCN(C)C1CCCC1)c1ccc(Cl)cc1Cl. The lowest BCUT2D eigenvalue weighted by Gasteiger charge is -2.26. The Hall–Kier alpha value is -0.280. The maximum absolute atomic E-state index is 6.31. The topological polar surface area (TPSA) is 15.3 Å². The van der Waals surface area contributed by atoms with E-state index in [1.54, 1.807) is 0 Å². The van der Waals surface area contributed by atoms with Gasteiger partial charge >= 0.3 is 0 Å². The molecular formula is C17H26Cl2N2. The molecule has 118 valence electrons. The number of nitrogens with one attached hydrogen (secondary N) is 1. The van der Waals surface area contributed by atoms with E-state index in [2.05, 4.69) is 24.2 Å².